The van der Waals surface area contributed by atoms with Gasteiger partial charge in [0.1, 0.15) is 5.76 Å². The van der Waals surface area contributed by atoms with Crippen molar-refractivity contribution in [2.75, 3.05) is 0 Å². The second kappa shape index (κ2) is 11.5. The monoisotopic (exact) mass is 535 g/mol. The van der Waals surface area contributed by atoms with Gasteiger partial charge in [0.25, 0.3) is 0 Å². The minimum atomic E-state index is -0.643. The van der Waals surface area contributed by atoms with Crippen LogP contribution in [0.25, 0.3) is 0 Å². The maximum absolute atomic E-state index is 11.2. The smallest absolute Gasteiger partial charge is 0.203 e. The number of allylic oxidation sites excluding steroid dienone is 4. The lowest BCUT2D eigenvalue weighted by Gasteiger charge is -2.44. The third-order valence-corrected chi connectivity index (χ3v) is 10.6. The number of hydrogen-bond donors (Lipinski definition) is 3. The van der Waals surface area contributed by atoms with Crippen LogP contribution in [0.1, 0.15) is 103 Å². The lowest BCUT2D eigenvalue weighted by atomic mass is 9.61. The predicted molar refractivity (Wildman–Crippen MR) is 155 cm³/mol. The summed E-state index contributed by atoms with van der Waals surface area (Å²) >= 11 is 0. The molecule has 0 saturated heterocycles. The van der Waals surface area contributed by atoms with Crippen LogP contribution in [0.15, 0.2) is 58.2 Å². The molecule has 0 unspecified atom stereocenters. The fourth-order valence-electron chi connectivity index (χ4n) is 7.98. The summed E-state index contributed by atoms with van der Waals surface area (Å²) in [4.78, 5) is 4.56. The molecule has 1 heterocycles. The van der Waals surface area contributed by atoms with Gasteiger partial charge in [0.05, 0.1) is 29.9 Å². The van der Waals surface area contributed by atoms with Crippen LogP contribution in [-0.4, -0.2) is 38.6 Å². The fourth-order valence-corrected chi connectivity index (χ4v) is 7.98. The SMILES string of the molecule is C=C1/C(=C\C=C2/CCC[C@]3(C)[C@@H]([C@H](C)/C=C/[C@@H](O)C4(c5ncc(CCCC)o5)CC4)CC[C@@H]23)C[C@@H](O)C[C@@H]1O. The topological polar surface area (TPSA) is 86.7 Å². The third-order valence-electron chi connectivity index (χ3n) is 10.6. The molecule has 5 heteroatoms. The summed E-state index contributed by atoms with van der Waals surface area (Å²) in [5.41, 5.74) is 3.15. The molecule has 0 aliphatic heterocycles. The molecule has 4 saturated carbocycles. The molecule has 4 fully saturated rings. The molecule has 1 aromatic heterocycles. The maximum atomic E-state index is 11.2. The van der Waals surface area contributed by atoms with E-state index in [1.807, 2.05) is 12.3 Å². The zero-order valence-corrected chi connectivity index (χ0v) is 24.2. The van der Waals surface area contributed by atoms with Crippen LogP contribution < -0.4 is 0 Å². The Bertz CT molecular complexity index is 1120. The van der Waals surface area contributed by atoms with E-state index in [1.54, 1.807) is 0 Å². The van der Waals surface area contributed by atoms with E-state index >= 15 is 0 Å². The average Bonchev–Trinajstić information content (AvgIpc) is 3.44. The highest BCUT2D eigenvalue weighted by atomic mass is 16.4. The zero-order valence-electron chi connectivity index (χ0n) is 24.2. The number of unbranched alkanes of at least 4 members (excludes halogenated alkanes) is 1. The second-order valence-corrected chi connectivity index (χ2v) is 13.2. The van der Waals surface area contributed by atoms with E-state index in [-0.39, 0.29) is 10.8 Å². The van der Waals surface area contributed by atoms with Crippen molar-refractivity contribution in [1.29, 1.82) is 0 Å². The van der Waals surface area contributed by atoms with Gasteiger partial charge in [-0.05, 0) is 92.1 Å². The quantitative estimate of drug-likeness (QED) is 0.305. The fraction of sp³-hybridized carbons (Fsp3) is 0.676. The van der Waals surface area contributed by atoms with E-state index in [2.05, 4.69) is 50.6 Å². The van der Waals surface area contributed by atoms with Gasteiger partial charge >= 0.3 is 0 Å². The van der Waals surface area contributed by atoms with Crippen molar-refractivity contribution in [3.8, 4) is 0 Å². The first-order valence-electron chi connectivity index (χ1n) is 15.4. The standard InChI is InChI=1S/C34H49NO4/c1-5-6-9-27-21-35-32(39-27)34(17-18-34)31(38)15-10-22(2)28-13-14-29-24(8-7-16-33(28,29)4)11-12-25-19-26(36)20-30(37)23(25)3/h10-12,15,21-22,26,28-31,36-38H,3,5-9,13-14,16-20H2,1-2,4H3/b15-10+,24-11+,25-12-/t22-,26-,28-,29+,30+,31-,33-/m1/s1. The molecule has 1 aromatic rings. The molecule has 0 aromatic carbocycles. The highest BCUT2D eigenvalue weighted by Gasteiger charge is 2.54. The molecule has 0 bridgehead atoms. The molecular weight excluding hydrogens is 486 g/mol. The summed E-state index contributed by atoms with van der Waals surface area (Å²) in [6.07, 6.45) is 20.7. The molecule has 5 nitrogen and oxygen atoms in total. The number of oxazole rings is 1. The Balaban J connectivity index is 1.26. The molecule has 0 radical (unpaired) electrons. The molecule has 5 rings (SSSR count). The Morgan fingerprint density at radius 1 is 1.18 bits per heavy atom. The van der Waals surface area contributed by atoms with Gasteiger partial charge in [-0.3, -0.25) is 0 Å². The van der Waals surface area contributed by atoms with Gasteiger partial charge in [-0.2, -0.15) is 0 Å². The number of fused-ring (bicyclic) bond motifs is 1. The lowest BCUT2D eigenvalue weighted by Crippen LogP contribution is -2.35. The summed E-state index contributed by atoms with van der Waals surface area (Å²) in [6, 6.07) is 0. The van der Waals surface area contributed by atoms with Gasteiger partial charge in [-0.25, -0.2) is 4.98 Å². The normalized spacial score (nSPS) is 36.0. The summed E-state index contributed by atoms with van der Waals surface area (Å²) in [5.74, 6) is 3.17. The zero-order chi connectivity index (χ0) is 27.8. The Morgan fingerprint density at radius 2 is 1.97 bits per heavy atom. The number of aliphatic hydroxyl groups is 3. The molecule has 0 spiro atoms. The minimum Gasteiger partial charge on any atom is -0.445 e. The van der Waals surface area contributed by atoms with E-state index in [1.165, 1.54) is 31.3 Å². The van der Waals surface area contributed by atoms with Crippen molar-refractivity contribution >= 4 is 0 Å². The van der Waals surface area contributed by atoms with Gasteiger partial charge in [-0.15, -0.1) is 0 Å². The molecule has 0 amide bonds. The van der Waals surface area contributed by atoms with Crippen LogP contribution in [0.4, 0.5) is 0 Å². The predicted octanol–water partition coefficient (Wildman–Crippen LogP) is 6.74. The molecule has 214 valence electrons. The van der Waals surface area contributed by atoms with Crippen molar-refractivity contribution in [3.05, 3.63) is 65.5 Å². The molecule has 39 heavy (non-hydrogen) atoms. The van der Waals surface area contributed by atoms with E-state index in [9.17, 15) is 15.3 Å². The van der Waals surface area contributed by atoms with Gasteiger partial charge in [-0.1, -0.05) is 63.6 Å². The van der Waals surface area contributed by atoms with Crippen molar-refractivity contribution in [3.63, 3.8) is 0 Å². The van der Waals surface area contributed by atoms with E-state index in [0.29, 0.717) is 36.5 Å². The largest absolute Gasteiger partial charge is 0.445 e. The number of nitrogens with zero attached hydrogens (tertiary/aromatic N) is 1. The number of aromatic nitrogens is 1. The highest BCUT2D eigenvalue weighted by Crippen LogP contribution is 2.60. The minimum absolute atomic E-state index is 0.244. The van der Waals surface area contributed by atoms with E-state index < -0.39 is 18.3 Å². The van der Waals surface area contributed by atoms with Crippen molar-refractivity contribution < 1.29 is 19.7 Å². The Kier molecular flexibility index (Phi) is 8.43. The Labute approximate surface area is 234 Å². The summed E-state index contributed by atoms with van der Waals surface area (Å²) < 4.78 is 6.08. The van der Waals surface area contributed by atoms with Gasteiger partial charge in [0, 0.05) is 12.8 Å². The van der Waals surface area contributed by atoms with Crippen molar-refractivity contribution in [2.45, 2.75) is 122 Å². The first-order valence-corrected chi connectivity index (χ1v) is 15.4. The van der Waals surface area contributed by atoms with Gasteiger partial charge in [0.15, 0.2) is 0 Å². The highest BCUT2D eigenvalue weighted by molar-refractivity contribution is 5.38. The molecule has 3 N–H and O–H groups in total. The molecule has 7 atom stereocenters. The van der Waals surface area contributed by atoms with Gasteiger partial charge < -0.3 is 19.7 Å². The van der Waals surface area contributed by atoms with Crippen LogP contribution in [-0.2, 0) is 11.8 Å². The van der Waals surface area contributed by atoms with Crippen molar-refractivity contribution in [1.82, 2.24) is 4.98 Å². The van der Waals surface area contributed by atoms with Crippen LogP contribution >= 0.6 is 0 Å². The van der Waals surface area contributed by atoms with Crippen LogP contribution in [0, 0.1) is 23.2 Å². The second-order valence-electron chi connectivity index (χ2n) is 13.2. The number of aliphatic hydroxyl groups excluding tert-OH is 3. The van der Waals surface area contributed by atoms with Crippen LogP contribution in [0.3, 0.4) is 0 Å². The van der Waals surface area contributed by atoms with E-state index in [4.69, 9.17) is 4.42 Å². The summed E-state index contributed by atoms with van der Waals surface area (Å²) in [6.45, 7) is 11.1. The lowest BCUT2D eigenvalue weighted by molar-refractivity contribution is 0.0862. The Morgan fingerprint density at radius 3 is 2.72 bits per heavy atom. The average molecular weight is 536 g/mol. The molecular formula is C34H49NO4. The third kappa shape index (κ3) is 5.64. The summed E-state index contributed by atoms with van der Waals surface area (Å²) in [5, 5.41) is 31.6. The number of rotatable bonds is 9. The van der Waals surface area contributed by atoms with Crippen LogP contribution in [0.2, 0.25) is 0 Å². The Hall–Kier alpha value is -1.95. The molecule has 4 aliphatic carbocycles. The maximum Gasteiger partial charge on any atom is 0.203 e. The van der Waals surface area contributed by atoms with E-state index in [0.717, 1.165) is 55.4 Å². The number of aryl methyl sites for hydroxylation is 1. The van der Waals surface area contributed by atoms with Crippen LogP contribution in [0.5, 0.6) is 0 Å². The first kappa shape index (κ1) is 28.6. The number of hydrogen-bond acceptors (Lipinski definition) is 5. The first-order chi connectivity index (χ1) is 18.7. The molecule has 4 aliphatic rings. The summed E-state index contributed by atoms with van der Waals surface area (Å²) in [7, 11) is 0. The van der Waals surface area contributed by atoms with Crippen molar-refractivity contribution in [2.24, 2.45) is 23.2 Å². The van der Waals surface area contributed by atoms with Gasteiger partial charge in [0.2, 0.25) is 5.89 Å².